The number of ether oxygens (including phenoxy) is 6. The summed E-state index contributed by atoms with van der Waals surface area (Å²) in [6, 6.07) is 0. The molecule has 1 unspecified atom stereocenters. The highest BCUT2D eigenvalue weighted by Gasteiger charge is 2.60. The minimum atomic E-state index is -0.738. The van der Waals surface area contributed by atoms with E-state index in [0.717, 1.165) is 13.0 Å². The van der Waals surface area contributed by atoms with Crippen molar-refractivity contribution >= 4 is 0 Å². The van der Waals surface area contributed by atoms with E-state index in [1.54, 1.807) is 0 Å². The SMILES string of the molecule is CCCCCCCC/C=C/CCCCCCCCNCC(O)COC[C@H]1O[C@@H]2OC(C)(C)O[C@@H]2[C@H]2OC(C)(C)O[C@H]21. The van der Waals surface area contributed by atoms with Gasteiger partial charge in [-0.15, -0.1) is 0 Å². The third-order valence-electron chi connectivity index (χ3n) is 8.09. The molecule has 3 fully saturated rings. The normalized spacial score (nSPS) is 29.2. The molecule has 3 rings (SSSR count). The van der Waals surface area contributed by atoms with Crippen LogP contribution in [0.1, 0.15) is 125 Å². The summed E-state index contributed by atoms with van der Waals surface area (Å²) in [6.45, 7) is 11.8. The summed E-state index contributed by atoms with van der Waals surface area (Å²) in [5.74, 6) is -1.47. The van der Waals surface area contributed by atoms with Gasteiger partial charge in [0.25, 0.3) is 0 Å². The van der Waals surface area contributed by atoms with Gasteiger partial charge in [-0.05, 0) is 66.3 Å². The van der Waals surface area contributed by atoms with Crippen LogP contribution in [0.2, 0.25) is 0 Å². The van der Waals surface area contributed by atoms with Crippen molar-refractivity contribution in [2.75, 3.05) is 26.3 Å². The Bertz CT molecular complexity index is 730. The number of fused-ring (bicyclic) bond motifs is 3. The van der Waals surface area contributed by atoms with Gasteiger partial charge in [-0.2, -0.15) is 0 Å². The third kappa shape index (κ3) is 12.9. The summed E-state index contributed by atoms with van der Waals surface area (Å²) < 4.78 is 36.2. The lowest BCUT2D eigenvalue weighted by Crippen LogP contribution is -2.56. The van der Waals surface area contributed by atoms with Crippen molar-refractivity contribution in [3.05, 3.63) is 12.2 Å². The summed E-state index contributed by atoms with van der Waals surface area (Å²) in [6.07, 6.45) is 20.7. The van der Waals surface area contributed by atoms with Crippen LogP contribution in [0, 0.1) is 0 Å². The van der Waals surface area contributed by atoms with Gasteiger partial charge < -0.3 is 38.8 Å². The molecule has 2 N–H and O–H groups in total. The van der Waals surface area contributed by atoms with E-state index in [1.165, 1.54) is 83.5 Å². The molecule has 3 heterocycles. The first-order valence-corrected chi connectivity index (χ1v) is 16.7. The fourth-order valence-electron chi connectivity index (χ4n) is 5.97. The van der Waals surface area contributed by atoms with Crippen molar-refractivity contribution in [1.29, 1.82) is 0 Å². The number of unbranched alkanes of at least 4 members (excludes halogenated alkanes) is 12. The van der Waals surface area contributed by atoms with Gasteiger partial charge >= 0.3 is 0 Å². The molecule has 0 bridgehead atoms. The summed E-state index contributed by atoms with van der Waals surface area (Å²) in [5, 5.41) is 13.7. The first kappa shape index (κ1) is 34.9. The summed E-state index contributed by atoms with van der Waals surface area (Å²) in [5.41, 5.74) is 0. The second kappa shape index (κ2) is 18.3. The molecule has 3 aliphatic rings. The van der Waals surface area contributed by atoms with E-state index in [1.807, 2.05) is 27.7 Å². The quantitative estimate of drug-likeness (QED) is 0.112. The highest BCUT2D eigenvalue weighted by Crippen LogP contribution is 2.44. The second-order valence-electron chi connectivity index (χ2n) is 13.0. The number of hydrogen-bond donors (Lipinski definition) is 2. The van der Waals surface area contributed by atoms with Crippen LogP contribution in [0.5, 0.6) is 0 Å². The van der Waals surface area contributed by atoms with Crippen LogP contribution < -0.4 is 5.32 Å². The van der Waals surface area contributed by atoms with Gasteiger partial charge in [-0.3, -0.25) is 0 Å². The topological polar surface area (TPSA) is 87.6 Å². The zero-order valence-electron chi connectivity index (χ0n) is 26.7. The molecule has 0 radical (unpaired) electrons. The average molecular weight is 584 g/mol. The van der Waals surface area contributed by atoms with Gasteiger partial charge in [-0.1, -0.05) is 76.9 Å². The van der Waals surface area contributed by atoms with Crippen molar-refractivity contribution in [2.24, 2.45) is 0 Å². The van der Waals surface area contributed by atoms with E-state index in [4.69, 9.17) is 28.4 Å². The second-order valence-corrected chi connectivity index (χ2v) is 13.0. The lowest BCUT2D eigenvalue weighted by Gasteiger charge is -2.37. The lowest BCUT2D eigenvalue weighted by molar-refractivity contribution is -0.243. The van der Waals surface area contributed by atoms with Gasteiger partial charge in [0.2, 0.25) is 0 Å². The summed E-state index contributed by atoms with van der Waals surface area (Å²) >= 11 is 0. The van der Waals surface area contributed by atoms with Crippen LogP contribution in [-0.4, -0.2) is 79.8 Å². The summed E-state index contributed by atoms with van der Waals surface area (Å²) in [7, 11) is 0. The highest BCUT2D eigenvalue weighted by atomic mass is 16.9. The van der Waals surface area contributed by atoms with E-state index in [2.05, 4.69) is 24.4 Å². The average Bonchev–Trinajstić information content (AvgIpc) is 3.41. The van der Waals surface area contributed by atoms with Crippen molar-refractivity contribution in [3.8, 4) is 0 Å². The predicted octanol–water partition coefficient (Wildman–Crippen LogP) is 6.39. The molecule has 0 amide bonds. The van der Waals surface area contributed by atoms with Gasteiger partial charge in [0.15, 0.2) is 17.9 Å². The fraction of sp³-hybridized carbons (Fsp3) is 0.939. The Labute approximate surface area is 250 Å². The number of aliphatic hydroxyl groups is 1. The Kier molecular flexibility index (Phi) is 15.6. The van der Waals surface area contributed by atoms with Gasteiger partial charge in [0.1, 0.15) is 24.4 Å². The maximum atomic E-state index is 10.4. The van der Waals surface area contributed by atoms with E-state index < -0.39 is 24.0 Å². The molecule has 0 aromatic heterocycles. The monoisotopic (exact) mass is 583 g/mol. The number of aliphatic hydroxyl groups excluding tert-OH is 1. The molecule has 8 nitrogen and oxygen atoms in total. The zero-order valence-corrected chi connectivity index (χ0v) is 26.7. The molecule has 0 aliphatic carbocycles. The fourth-order valence-corrected chi connectivity index (χ4v) is 5.97. The molecule has 41 heavy (non-hydrogen) atoms. The molecule has 0 aromatic rings. The standard InChI is InChI=1S/C33H61NO7/c1-6-7-8-9-10-11-12-13-14-15-16-17-18-19-20-21-22-34-23-26(35)24-36-25-27-28-29(39-32(2,3)38-28)30-31(37-27)41-33(4,5)40-30/h13-14,26-31,34-35H,6-12,15-25H2,1-5H3/b14-13+/t26?,27-,28+,29+,30-,31-/m1/s1. The Morgan fingerprint density at radius 3 is 1.98 bits per heavy atom. The minimum Gasteiger partial charge on any atom is -0.389 e. The maximum absolute atomic E-state index is 10.4. The van der Waals surface area contributed by atoms with Gasteiger partial charge in [0.05, 0.1) is 19.3 Å². The third-order valence-corrected chi connectivity index (χ3v) is 8.09. The first-order chi connectivity index (χ1) is 19.7. The Morgan fingerprint density at radius 1 is 0.732 bits per heavy atom. The maximum Gasteiger partial charge on any atom is 0.190 e. The highest BCUT2D eigenvalue weighted by molar-refractivity contribution is 5.00. The van der Waals surface area contributed by atoms with Crippen LogP contribution in [0.15, 0.2) is 12.2 Å². The van der Waals surface area contributed by atoms with Crippen molar-refractivity contribution in [1.82, 2.24) is 5.32 Å². The largest absolute Gasteiger partial charge is 0.389 e. The van der Waals surface area contributed by atoms with Gasteiger partial charge in [0, 0.05) is 6.54 Å². The molecule has 0 aromatic carbocycles. The Balaban J connectivity index is 1.14. The van der Waals surface area contributed by atoms with E-state index in [0.29, 0.717) is 13.2 Å². The van der Waals surface area contributed by atoms with Crippen LogP contribution in [0.25, 0.3) is 0 Å². The molecular formula is C33H61NO7. The molecule has 0 saturated carbocycles. The minimum absolute atomic E-state index is 0.235. The predicted molar refractivity (Wildman–Crippen MR) is 162 cm³/mol. The van der Waals surface area contributed by atoms with Crippen LogP contribution in [-0.2, 0) is 28.4 Å². The number of hydrogen-bond acceptors (Lipinski definition) is 8. The number of allylic oxidation sites excluding steroid dienone is 2. The number of nitrogens with one attached hydrogen (secondary N) is 1. The van der Waals surface area contributed by atoms with Gasteiger partial charge in [-0.25, -0.2) is 0 Å². The van der Waals surface area contributed by atoms with Crippen molar-refractivity contribution in [2.45, 2.75) is 173 Å². The summed E-state index contributed by atoms with van der Waals surface area (Å²) in [4.78, 5) is 0. The molecule has 240 valence electrons. The smallest absolute Gasteiger partial charge is 0.190 e. The molecule has 3 aliphatic heterocycles. The molecule has 6 atom stereocenters. The van der Waals surface area contributed by atoms with Crippen LogP contribution >= 0.6 is 0 Å². The zero-order chi connectivity index (χ0) is 29.6. The van der Waals surface area contributed by atoms with E-state index >= 15 is 0 Å². The van der Waals surface area contributed by atoms with Crippen LogP contribution in [0.4, 0.5) is 0 Å². The Hall–Kier alpha value is -0.580. The van der Waals surface area contributed by atoms with E-state index in [9.17, 15) is 5.11 Å². The number of rotatable bonds is 22. The Morgan fingerprint density at radius 2 is 1.29 bits per heavy atom. The van der Waals surface area contributed by atoms with Crippen molar-refractivity contribution < 1.29 is 33.5 Å². The molecule has 3 saturated heterocycles. The molecule has 0 spiro atoms. The van der Waals surface area contributed by atoms with E-state index in [-0.39, 0.29) is 31.0 Å². The van der Waals surface area contributed by atoms with Crippen LogP contribution in [0.3, 0.4) is 0 Å². The molecular weight excluding hydrogens is 522 g/mol. The van der Waals surface area contributed by atoms with Crippen molar-refractivity contribution in [3.63, 3.8) is 0 Å². The first-order valence-electron chi connectivity index (χ1n) is 16.7. The lowest BCUT2D eigenvalue weighted by atomic mass is 9.99. The molecule has 8 heteroatoms.